The Kier molecular flexibility index (Phi) is 6.94. The molecule has 2 heterocycles. The largest absolute Gasteiger partial charge is 0.493 e. The van der Waals surface area contributed by atoms with E-state index in [0.717, 1.165) is 37.1 Å². The monoisotopic (exact) mass is 430 g/mol. The highest BCUT2D eigenvalue weighted by Gasteiger charge is 2.17. The summed E-state index contributed by atoms with van der Waals surface area (Å²) in [4.78, 5) is 6.17. The molecule has 0 saturated heterocycles. The molecule has 0 radical (unpaired) electrons. The summed E-state index contributed by atoms with van der Waals surface area (Å²) in [7, 11) is -7.74. The van der Waals surface area contributed by atoms with Gasteiger partial charge < -0.3 is 9.72 Å². The number of azide groups is 1. The van der Waals surface area contributed by atoms with Crippen LogP contribution in [0, 0.1) is 0 Å². The molecule has 10 nitrogen and oxygen atoms in total. The summed E-state index contributed by atoms with van der Waals surface area (Å²) in [5, 5.41) is 5.00. The van der Waals surface area contributed by atoms with Crippen LogP contribution >= 0.6 is 0 Å². The summed E-state index contributed by atoms with van der Waals surface area (Å²) in [6, 6.07) is 4.05. The van der Waals surface area contributed by atoms with E-state index in [0.29, 0.717) is 12.5 Å². The van der Waals surface area contributed by atoms with E-state index in [1.807, 2.05) is 19.2 Å². The van der Waals surface area contributed by atoms with Crippen LogP contribution in [0.25, 0.3) is 21.3 Å². The summed E-state index contributed by atoms with van der Waals surface area (Å²) in [6.07, 6.45) is 6.20. The molecule has 1 atom stereocenters. The number of ether oxygens (including phenoxy) is 1. The van der Waals surface area contributed by atoms with Gasteiger partial charge in [-0.1, -0.05) is 12.0 Å². The molecule has 2 aromatic rings. The molecule has 0 fully saturated rings. The first kappa shape index (κ1) is 22.0. The molecule has 0 unspecified atom stereocenters. The molecule has 0 bridgehead atoms. The molecule has 1 aliphatic heterocycles. The molecule has 1 N–H and O–H groups in total. The van der Waals surface area contributed by atoms with E-state index in [9.17, 15) is 16.8 Å². The van der Waals surface area contributed by atoms with Crippen molar-refractivity contribution < 1.29 is 25.2 Å². The van der Waals surface area contributed by atoms with Gasteiger partial charge in [0.2, 0.25) is 0 Å². The van der Waals surface area contributed by atoms with Crippen molar-refractivity contribution in [3.8, 4) is 5.75 Å². The fourth-order valence-corrected chi connectivity index (χ4v) is 4.80. The van der Waals surface area contributed by atoms with Gasteiger partial charge in [0.1, 0.15) is 5.75 Å². The Morgan fingerprint density at radius 1 is 1.29 bits per heavy atom. The maximum atomic E-state index is 10.0. The third kappa shape index (κ3) is 6.41. The third-order valence-corrected chi connectivity index (χ3v) is 5.81. The number of aromatic nitrogens is 1. The molecule has 0 spiro atoms. The zero-order valence-corrected chi connectivity index (χ0v) is 17.4. The predicted molar refractivity (Wildman–Crippen MR) is 105 cm³/mol. The standard InChI is InChI=1S/C14H16N4O.C2H6O5S2/c1-9(17-18-15)7-10-8-16-12-4-5-13-11(14(10)12)3-2-6-19-13;1-8(3,4)7-9(2,5)6/h4-5,8-9,16H,2-3,6-7H2,1H3;1-2H3/t9-;/m1./s1. The van der Waals surface area contributed by atoms with Crippen molar-refractivity contribution in [3.63, 3.8) is 0 Å². The molecule has 0 amide bonds. The summed E-state index contributed by atoms with van der Waals surface area (Å²) in [5.74, 6) is 0.996. The lowest BCUT2D eigenvalue weighted by Gasteiger charge is -2.18. The van der Waals surface area contributed by atoms with E-state index >= 15 is 0 Å². The molecule has 1 aliphatic rings. The highest BCUT2D eigenvalue weighted by Crippen LogP contribution is 2.34. The molecule has 0 aliphatic carbocycles. The van der Waals surface area contributed by atoms with E-state index in [2.05, 4.69) is 24.7 Å². The van der Waals surface area contributed by atoms with Gasteiger partial charge in [-0.25, -0.2) is 0 Å². The second-order valence-corrected chi connectivity index (χ2v) is 9.83. The number of benzene rings is 1. The Bertz CT molecular complexity index is 1070. The molecule has 1 aromatic carbocycles. The lowest BCUT2D eigenvalue weighted by Crippen LogP contribution is -2.09. The average Bonchev–Trinajstić information content (AvgIpc) is 2.95. The summed E-state index contributed by atoms with van der Waals surface area (Å²) < 4.78 is 49.5. The van der Waals surface area contributed by atoms with Crippen molar-refractivity contribution in [2.75, 3.05) is 19.1 Å². The maximum absolute atomic E-state index is 10.0. The van der Waals surface area contributed by atoms with Crippen LogP contribution in [0.2, 0.25) is 0 Å². The lowest BCUT2D eigenvalue weighted by molar-refractivity contribution is 0.289. The van der Waals surface area contributed by atoms with Crippen molar-refractivity contribution in [1.29, 1.82) is 0 Å². The van der Waals surface area contributed by atoms with Crippen molar-refractivity contribution in [1.82, 2.24) is 4.98 Å². The number of fused-ring (bicyclic) bond motifs is 3. The van der Waals surface area contributed by atoms with E-state index in [-0.39, 0.29) is 6.04 Å². The molecular formula is C16H22N4O6S2. The first-order chi connectivity index (χ1) is 13.0. The van der Waals surface area contributed by atoms with Crippen molar-refractivity contribution >= 4 is 31.1 Å². The highest BCUT2D eigenvalue weighted by molar-refractivity contribution is 7.99. The number of hydrogen-bond donors (Lipinski definition) is 1. The van der Waals surface area contributed by atoms with Crippen LogP contribution in [0.5, 0.6) is 5.75 Å². The van der Waals surface area contributed by atoms with Crippen LogP contribution in [0.1, 0.15) is 24.5 Å². The van der Waals surface area contributed by atoms with E-state index in [1.165, 1.54) is 16.5 Å². The van der Waals surface area contributed by atoms with Crippen LogP contribution < -0.4 is 4.74 Å². The quantitative estimate of drug-likeness (QED) is 0.437. The molecule has 12 heteroatoms. The Morgan fingerprint density at radius 3 is 2.54 bits per heavy atom. The lowest BCUT2D eigenvalue weighted by atomic mass is 9.97. The van der Waals surface area contributed by atoms with Crippen molar-refractivity contribution in [2.45, 2.75) is 32.2 Å². The van der Waals surface area contributed by atoms with Crippen LogP contribution in [-0.2, 0) is 36.7 Å². The summed E-state index contributed by atoms with van der Waals surface area (Å²) in [5.41, 5.74) is 12.1. The number of aryl methyl sites for hydroxylation is 1. The third-order valence-electron chi connectivity index (χ3n) is 3.83. The number of aromatic amines is 1. The van der Waals surface area contributed by atoms with Crippen LogP contribution in [0.3, 0.4) is 0 Å². The second kappa shape index (κ2) is 8.82. The first-order valence-electron chi connectivity index (χ1n) is 8.40. The van der Waals surface area contributed by atoms with E-state index in [4.69, 9.17) is 10.3 Å². The van der Waals surface area contributed by atoms with E-state index in [1.54, 1.807) is 0 Å². The normalized spacial score (nSPS) is 14.8. The highest BCUT2D eigenvalue weighted by atomic mass is 32.3. The summed E-state index contributed by atoms with van der Waals surface area (Å²) >= 11 is 0. The second-order valence-electron chi connectivity index (χ2n) is 6.47. The first-order valence-corrected chi connectivity index (χ1v) is 12.0. The minimum Gasteiger partial charge on any atom is -0.493 e. The number of hydrogen-bond acceptors (Lipinski definition) is 7. The fourth-order valence-electron chi connectivity index (χ4n) is 3.00. The molecule has 154 valence electrons. The van der Waals surface area contributed by atoms with Gasteiger partial charge in [-0.05, 0) is 42.5 Å². The molecule has 0 saturated carbocycles. The van der Waals surface area contributed by atoms with Crippen molar-refractivity contribution in [2.24, 2.45) is 5.11 Å². The molecule has 3 rings (SSSR count). The zero-order chi connectivity index (χ0) is 20.9. The Hall–Kier alpha value is -2.27. The van der Waals surface area contributed by atoms with Gasteiger partial charge in [0.25, 0.3) is 20.2 Å². The van der Waals surface area contributed by atoms with Crippen molar-refractivity contribution in [3.05, 3.63) is 39.9 Å². The minimum atomic E-state index is -3.87. The number of H-pyrrole nitrogens is 1. The topological polar surface area (TPSA) is 151 Å². The van der Waals surface area contributed by atoms with Gasteiger partial charge >= 0.3 is 0 Å². The fraction of sp³-hybridized carbons (Fsp3) is 0.500. The SMILES string of the molecule is CS(=O)(=O)OS(C)(=O)=O.C[C@H](Cc1c[nH]c2ccc3c(c12)CCCO3)N=[N+]=[N-]. The Balaban J connectivity index is 0.000000266. The van der Waals surface area contributed by atoms with Gasteiger partial charge in [0, 0.05) is 33.6 Å². The summed E-state index contributed by atoms with van der Waals surface area (Å²) in [6.45, 7) is 2.73. The maximum Gasteiger partial charge on any atom is 0.278 e. The molecular weight excluding hydrogens is 408 g/mol. The number of nitrogens with one attached hydrogen (secondary N) is 1. The zero-order valence-electron chi connectivity index (χ0n) is 15.7. The molecule has 28 heavy (non-hydrogen) atoms. The number of rotatable bonds is 5. The van der Waals surface area contributed by atoms with E-state index < -0.39 is 20.2 Å². The molecule has 1 aromatic heterocycles. The predicted octanol–water partition coefficient (Wildman–Crippen LogP) is 2.66. The minimum absolute atomic E-state index is 0.0376. The van der Waals surface area contributed by atoms with Gasteiger partial charge in [-0.3, -0.25) is 0 Å². The van der Waals surface area contributed by atoms with Gasteiger partial charge in [0.15, 0.2) is 0 Å². The van der Waals surface area contributed by atoms with Gasteiger partial charge in [0.05, 0.1) is 19.1 Å². The van der Waals surface area contributed by atoms with Crippen LogP contribution in [0.4, 0.5) is 0 Å². The van der Waals surface area contributed by atoms with Gasteiger partial charge in [-0.2, -0.15) is 16.8 Å². The van der Waals surface area contributed by atoms with Gasteiger partial charge in [-0.15, -0.1) is 3.63 Å². The van der Waals surface area contributed by atoms with Crippen LogP contribution in [0.15, 0.2) is 23.4 Å². The Labute approximate surface area is 163 Å². The van der Waals surface area contributed by atoms with Crippen LogP contribution in [-0.4, -0.2) is 47.0 Å². The average molecular weight is 431 g/mol. The smallest absolute Gasteiger partial charge is 0.278 e. The number of nitrogens with zero attached hydrogens (tertiary/aromatic N) is 3. The Morgan fingerprint density at radius 2 is 1.96 bits per heavy atom.